The van der Waals surface area contributed by atoms with E-state index in [1.165, 1.54) is 12.1 Å². The van der Waals surface area contributed by atoms with E-state index >= 15 is 0 Å². The molecule has 0 radical (unpaired) electrons. The van der Waals surface area contributed by atoms with E-state index in [2.05, 4.69) is 15.1 Å². The summed E-state index contributed by atoms with van der Waals surface area (Å²) in [6.45, 7) is 6.48. The van der Waals surface area contributed by atoms with Gasteiger partial charge in [0.1, 0.15) is 0 Å². The molecule has 1 aliphatic rings. The quantitative estimate of drug-likeness (QED) is 0.858. The normalized spacial score (nSPS) is 18.0. The van der Waals surface area contributed by atoms with Crippen molar-refractivity contribution in [3.8, 4) is 0 Å². The van der Waals surface area contributed by atoms with Crippen molar-refractivity contribution in [2.75, 3.05) is 31.1 Å². The Labute approximate surface area is 138 Å². The Hall–Kier alpha value is -2.09. The lowest BCUT2D eigenvalue weighted by atomic mass is 10.1. The van der Waals surface area contributed by atoms with E-state index in [9.17, 15) is 13.2 Å². The molecule has 8 heteroatoms. The number of halogens is 3. The number of piperazine rings is 1. The molecule has 0 spiro atoms. The first-order valence-corrected chi connectivity index (χ1v) is 7.81. The van der Waals surface area contributed by atoms with E-state index < -0.39 is 11.7 Å². The first-order chi connectivity index (χ1) is 11.3. The molecule has 2 aromatic rings. The molecule has 130 valence electrons. The van der Waals surface area contributed by atoms with E-state index in [0.29, 0.717) is 30.6 Å². The number of aromatic nitrogens is 2. The highest BCUT2D eigenvalue weighted by atomic mass is 19.4. The number of hydrogen-bond acceptors (Lipinski definition) is 5. The maximum Gasteiger partial charge on any atom is 0.416 e. The van der Waals surface area contributed by atoms with Gasteiger partial charge in [0.2, 0.25) is 11.8 Å². The van der Waals surface area contributed by atoms with E-state index in [1.54, 1.807) is 13.0 Å². The molecule has 5 nitrogen and oxygen atoms in total. The van der Waals surface area contributed by atoms with Gasteiger partial charge in [-0.3, -0.25) is 4.90 Å². The number of nitrogens with zero attached hydrogens (tertiary/aromatic N) is 4. The van der Waals surface area contributed by atoms with Gasteiger partial charge in [-0.25, -0.2) is 0 Å². The smallest absolute Gasteiger partial charge is 0.416 e. The van der Waals surface area contributed by atoms with Crippen molar-refractivity contribution in [1.29, 1.82) is 0 Å². The summed E-state index contributed by atoms with van der Waals surface area (Å²) in [5.41, 5.74) is -0.0112. The van der Waals surface area contributed by atoms with Gasteiger partial charge in [-0.2, -0.15) is 13.2 Å². The summed E-state index contributed by atoms with van der Waals surface area (Å²) in [7, 11) is 0. The van der Waals surface area contributed by atoms with Gasteiger partial charge >= 0.3 is 6.18 Å². The predicted octanol–water partition coefficient (Wildman–Crippen LogP) is 3.28. The zero-order valence-electron chi connectivity index (χ0n) is 13.5. The fourth-order valence-corrected chi connectivity index (χ4v) is 2.88. The molecular weight excluding hydrogens is 321 g/mol. The van der Waals surface area contributed by atoms with Gasteiger partial charge in [-0.05, 0) is 25.1 Å². The van der Waals surface area contributed by atoms with Crippen LogP contribution in [0.15, 0.2) is 28.7 Å². The van der Waals surface area contributed by atoms with Gasteiger partial charge in [0.05, 0.1) is 11.6 Å². The molecule has 0 amide bonds. The highest BCUT2D eigenvalue weighted by Crippen LogP contribution is 2.32. The lowest BCUT2D eigenvalue weighted by Crippen LogP contribution is -2.47. The summed E-state index contributed by atoms with van der Waals surface area (Å²) in [6, 6.07) is 5.47. The van der Waals surface area contributed by atoms with E-state index in [-0.39, 0.29) is 6.04 Å². The monoisotopic (exact) mass is 340 g/mol. The number of rotatable bonds is 3. The molecule has 0 N–H and O–H groups in total. The molecule has 1 aromatic heterocycles. The van der Waals surface area contributed by atoms with Gasteiger partial charge in [-0.15, -0.1) is 10.2 Å². The molecule has 24 heavy (non-hydrogen) atoms. The molecule has 0 aliphatic carbocycles. The Balaban J connectivity index is 1.65. The summed E-state index contributed by atoms with van der Waals surface area (Å²) in [4.78, 5) is 4.16. The van der Waals surface area contributed by atoms with Gasteiger partial charge in [0.25, 0.3) is 0 Å². The molecular formula is C16H19F3N4O. The van der Waals surface area contributed by atoms with Crippen LogP contribution in [0.4, 0.5) is 18.9 Å². The van der Waals surface area contributed by atoms with Gasteiger partial charge < -0.3 is 9.32 Å². The lowest BCUT2D eigenvalue weighted by molar-refractivity contribution is -0.137. The van der Waals surface area contributed by atoms with Crippen LogP contribution in [0, 0.1) is 6.92 Å². The summed E-state index contributed by atoms with van der Waals surface area (Å²) < 4.78 is 44.0. The fourth-order valence-electron chi connectivity index (χ4n) is 2.88. The maximum atomic E-state index is 12.8. The van der Waals surface area contributed by atoms with Crippen LogP contribution in [0.25, 0.3) is 0 Å². The van der Waals surface area contributed by atoms with Crippen LogP contribution in [0.2, 0.25) is 0 Å². The van der Waals surface area contributed by atoms with E-state index in [4.69, 9.17) is 4.42 Å². The molecule has 1 saturated heterocycles. The predicted molar refractivity (Wildman–Crippen MR) is 82.7 cm³/mol. The minimum atomic E-state index is -4.32. The Kier molecular flexibility index (Phi) is 4.49. The third-order valence-electron chi connectivity index (χ3n) is 4.30. The third-order valence-corrected chi connectivity index (χ3v) is 4.30. The van der Waals surface area contributed by atoms with Gasteiger partial charge in [0.15, 0.2) is 0 Å². The van der Waals surface area contributed by atoms with E-state index in [0.717, 1.165) is 19.2 Å². The largest absolute Gasteiger partial charge is 0.424 e. The average Bonchev–Trinajstić information content (AvgIpc) is 3.00. The Bertz CT molecular complexity index is 693. The minimum Gasteiger partial charge on any atom is -0.424 e. The zero-order chi connectivity index (χ0) is 17.3. The zero-order valence-corrected chi connectivity index (χ0v) is 13.5. The van der Waals surface area contributed by atoms with Crippen LogP contribution in [-0.4, -0.2) is 41.3 Å². The second-order valence-corrected chi connectivity index (χ2v) is 5.91. The summed E-state index contributed by atoms with van der Waals surface area (Å²) in [5, 5.41) is 7.88. The molecule has 2 heterocycles. The van der Waals surface area contributed by atoms with Crippen LogP contribution in [0.3, 0.4) is 0 Å². The summed E-state index contributed by atoms with van der Waals surface area (Å²) in [5.74, 6) is 1.10. The molecule has 3 rings (SSSR count). The van der Waals surface area contributed by atoms with Crippen molar-refractivity contribution in [2.45, 2.75) is 26.1 Å². The maximum absolute atomic E-state index is 12.8. The van der Waals surface area contributed by atoms with Crippen LogP contribution < -0.4 is 4.90 Å². The molecule has 0 saturated carbocycles. The van der Waals surface area contributed by atoms with E-state index in [1.807, 2.05) is 11.8 Å². The first-order valence-electron chi connectivity index (χ1n) is 7.81. The van der Waals surface area contributed by atoms with Crippen molar-refractivity contribution < 1.29 is 17.6 Å². The van der Waals surface area contributed by atoms with Crippen LogP contribution in [-0.2, 0) is 6.18 Å². The molecule has 1 aliphatic heterocycles. The Morgan fingerprint density at radius 1 is 1.12 bits per heavy atom. The molecule has 1 aromatic carbocycles. The minimum absolute atomic E-state index is 0.00476. The van der Waals surface area contributed by atoms with Crippen LogP contribution in [0.5, 0.6) is 0 Å². The van der Waals surface area contributed by atoms with Crippen LogP contribution in [0.1, 0.15) is 30.3 Å². The van der Waals surface area contributed by atoms with Gasteiger partial charge in [0, 0.05) is 38.8 Å². The van der Waals surface area contributed by atoms with Crippen molar-refractivity contribution >= 4 is 5.69 Å². The van der Waals surface area contributed by atoms with Crippen molar-refractivity contribution in [2.24, 2.45) is 0 Å². The lowest BCUT2D eigenvalue weighted by Gasteiger charge is -2.38. The second kappa shape index (κ2) is 6.43. The third kappa shape index (κ3) is 3.53. The summed E-state index contributed by atoms with van der Waals surface area (Å²) in [6.07, 6.45) is -4.32. The highest BCUT2D eigenvalue weighted by Gasteiger charge is 2.31. The number of benzene rings is 1. The first kappa shape index (κ1) is 16.8. The Morgan fingerprint density at radius 3 is 2.42 bits per heavy atom. The number of anilines is 1. The van der Waals surface area contributed by atoms with Gasteiger partial charge in [-0.1, -0.05) is 6.07 Å². The summed E-state index contributed by atoms with van der Waals surface area (Å²) >= 11 is 0. The van der Waals surface area contributed by atoms with Crippen molar-refractivity contribution in [3.05, 3.63) is 41.6 Å². The standard InChI is InChI=1S/C16H19F3N4O/c1-11(15-21-20-12(2)24-15)22-6-8-23(9-7-22)14-5-3-4-13(10-14)16(17,18)19/h3-5,10-11H,6-9H2,1-2H3/t11-/m0/s1. The SMILES string of the molecule is Cc1nnc([C@H](C)N2CCN(c3cccc(C(F)(F)F)c3)CC2)o1. The van der Waals surface area contributed by atoms with Crippen molar-refractivity contribution in [1.82, 2.24) is 15.1 Å². The topological polar surface area (TPSA) is 45.4 Å². The number of alkyl halides is 3. The Morgan fingerprint density at radius 2 is 1.83 bits per heavy atom. The molecule has 1 fully saturated rings. The highest BCUT2D eigenvalue weighted by molar-refractivity contribution is 5.49. The molecule has 0 unspecified atom stereocenters. The second-order valence-electron chi connectivity index (χ2n) is 5.91. The van der Waals surface area contributed by atoms with Crippen LogP contribution >= 0.6 is 0 Å². The number of hydrogen-bond donors (Lipinski definition) is 0. The molecule has 0 bridgehead atoms. The van der Waals surface area contributed by atoms with Crippen molar-refractivity contribution in [3.63, 3.8) is 0 Å². The molecule has 1 atom stereocenters. The average molecular weight is 340 g/mol. The number of aryl methyl sites for hydroxylation is 1. The fraction of sp³-hybridized carbons (Fsp3) is 0.500.